The van der Waals surface area contributed by atoms with Crippen LogP contribution in [0.25, 0.3) is 0 Å². The van der Waals surface area contributed by atoms with Crippen LogP contribution in [0, 0.1) is 5.82 Å². The molecule has 0 N–H and O–H groups in total. The first-order chi connectivity index (χ1) is 5.65. The molecule has 0 aromatic heterocycles. The maximum Gasteiger partial charge on any atom is 0.139 e. The quantitative estimate of drug-likeness (QED) is 0.729. The number of hydrogen-bond donors (Lipinski definition) is 0. The van der Waals surface area contributed by atoms with Crippen molar-refractivity contribution in [3.8, 4) is 0 Å². The topological polar surface area (TPSA) is 12.5 Å². The minimum absolute atomic E-state index is 0.295. The van der Waals surface area contributed by atoms with Crippen molar-refractivity contribution < 1.29 is 9.23 Å². The summed E-state index contributed by atoms with van der Waals surface area (Å²) in [6.45, 7) is 0. The summed E-state index contributed by atoms with van der Waals surface area (Å²) in [5.41, 5.74) is 0.679. The summed E-state index contributed by atoms with van der Waals surface area (Å²) < 4.78 is 13.4. The van der Waals surface area contributed by atoms with Crippen LogP contribution in [0.15, 0.2) is 22.7 Å². The summed E-state index contributed by atoms with van der Waals surface area (Å²) in [7, 11) is 3.24. The third kappa shape index (κ3) is 1.95. The van der Waals surface area contributed by atoms with E-state index < -0.39 is 0 Å². The van der Waals surface area contributed by atoms with Gasteiger partial charge in [-0.15, -0.1) is 0 Å². The molecule has 0 atom stereocenters. The van der Waals surface area contributed by atoms with E-state index in [9.17, 15) is 4.39 Å². The lowest BCUT2D eigenvalue weighted by Gasteiger charge is -2.15. The molecule has 4 heteroatoms. The highest BCUT2D eigenvalue weighted by Gasteiger charge is 2.03. The molecule has 1 aromatic rings. The van der Waals surface area contributed by atoms with Gasteiger partial charge in [0.15, 0.2) is 0 Å². The summed E-state index contributed by atoms with van der Waals surface area (Å²) in [6.07, 6.45) is 0. The number of anilines is 1. The molecule has 0 amide bonds. The molecule has 0 heterocycles. The fraction of sp³-hybridized carbons (Fsp3) is 0.250. The third-order valence-corrected chi connectivity index (χ3v) is 2.18. The van der Waals surface area contributed by atoms with Crippen LogP contribution in [0.3, 0.4) is 0 Å². The van der Waals surface area contributed by atoms with Crippen LogP contribution in [0.1, 0.15) is 0 Å². The maximum atomic E-state index is 12.9. The fourth-order valence-corrected chi connectivity index (χ4v) is 1.03. The number of halogens is 2. The highest BCUT2D eigenvalue weighted by atomic mass is 79.9. The molecule has 0 saturated carbocycles. The van der Waals surface area contributed by atoms with Gasteiger partial charge in [0.25, 0.3) is 0 Å². The van der Waals surface area contributed by atoms with Gasteiger partial charge < -0.3 is 0 Å². The van der Waals surface area contributed by atoms with E-state index in [1.165, 1.54) is 18.2 Å². The maximum absolute atomic E-state index is 12.9. The van der Waals surface area contributed by atoms with Crippen LogP contribution in [-0.4, -0.2) is 14.2 Å². The van der Waals surface area contributed by atoms with Crippen LogP contribution >= 0.6 is 15.9 Å². The van der Waals surface area contributed by atoms with Crippen LogP contribution in [0.4, 0.5) is 10.1 Å². The molecule has 66 valence electrons. The Morgan fingerprint density at radius 3 is 2.67 bits per heavy atom. The molecular formula is C8H9BrFNO. The van der Waals surface area contributed by atoms with E-state index in [0.29, 0.717) is 10.2 Å². The zero-order chi connectivity index (χ0) is 9.14. The van der Waals surface area contributed by atoms with E-state index in [4.69, 9.17) is 4.84 Å². The molecule has 0 aliphatic carbocycles. The summed E-state index contributed by atoms with van der Waals surface area (Å²) in [5.74, 6) is -0.295. The van der Waals surface area contributed by atoms with Crippen LogP contribution in [-0.2, 0) is 4.84 Å². The predicted molar refractivity (Wildman–Crippen MR) is 49.5 cm³/mol. The van der Waals surface area contributed by atoms with Crippen molar-refractivity contribution in [3.05, 3.63) is 28.5 Å². The molecule has 0 fully saturated rings. The van der Waals surface area contributed by atoms with E-state index in [1.807, 2.05) is 0 Å². The average molecular weight is 234 g/mol. The van der Waals surface area contributed by atoms with Crippen molar-refractivity contribution in [2.24, 2.45) is 0 Å². The first kappa shape index (κ1) is 9.48. The number of nitrogens with zero attached hydrogens (tertiary/aromatic N) is 1. The Balaban J connectivity index is 2.96. The zero-order valence-electron chi connectivity index (χ0n) is 6.84. The van der Waals surface area contributed by atoms with E-state index in [2.05, 4.69) is 15.9 Å². The van der Waals surface area contributed by atoms with Crippen molar-refractivity contribution in [1.29, 1.82) is 0 Å². The van der Waals surface area contributed by atoms with Gasteiger partial charge in [0.05, 0.1) is 17.3 Å². The van der Waals surface area contributed by atoms with Gasteiger partial charge in [-0.25, -0.2) is 4.39 Å². The van der Waals surface area contributed by atoms with E-state index in [-0.39, 0.29) is 5.82 Å². The van der Waals surface area contributed by atoms with Gasteiger partial charge in [0, 0.05) is 13.1 Å². The van der Waals surface area contributed by atoms with Crippen molar-refractivity contribution in [2.75, 3.05) is 19.2 Å². The SMILES string of the molecule is CON(C)c1ccc(Br)c(F)c1. The number of benzene rings is 1. The molecule has 0 spiro atoms. The molecule has 1 rings (SSSR count). The molecular weight excluding hydrogens is 225 g/mol. The van der Waals surface area contributed by atoms with Gasteiger partial charge in [-0.1, -0.05) is 0 Å². The van der Waals surface area contributed by atoms with Crippen LogP contribution in [0.5, 0.6) is 0 Å². The predicted octanol–water partition coefficient (Wildman–Crippen LogP) is 2.59. The van der Waals surface area contributed by atoms with Gasteiger partial charge in [-0.2, -0.15) is 0 Å². The Morgan fingerprint density at radius 2 is 2.17 bits per heavy atom. The van der Waals surface area contributed by atoms with Crippen molar-refractivity contribution in [2.45, 2.75) is 0 Å². The molecule has 2 nitrogen and oxygen atoms in total. The van der Waals surface area contributed by atoms with E-state index in [1.54, 1.807) is 19.2 Å². The first-order valence-electron chi connectivity index (χ1n) is 3.38. The Bertz CT molecular complexity index is 280. The number of rotatable bonds is 2. The van der Waals surface area contributed by atoms with Crippen LogP contribution < -0.4 is 5.06 Å². The number of hydroxylamine groups is 1. The largest absolute Gasteiger partial charge is 0.277 e. The van der Waals surface area contributed by atoms with Crippen molar-refractivity contribution in [1.82, 2.24) is 0 Å². The highest BCUT2D eigenvalue weighted by molar-refractivity contribution is 9.10. The van der Waals surface area contributed by atoms with Gasteiger partial charge in [0.2, 0.25) is 0 Å². The highest BCUT2D eigenvalue weighted by Crippen LogP contribution is 2.21. The second-order valence-electron chi connectivity index (χ2n) is 2.28. The standard InChI is InChI=1S/C8H9BrFNO/c1-11(12-2)6-3-4-7(9)8(10)5-6/h3-5H,1-2H3. The Labute approximate surface area is 79.0 Å². The second-order valence-corrected chi connectivity index (χ2v) is 3.13. The van der Waals surface area contributed by atoms with Gasteiger partial charge in [0.1, 0.15) is 5.82 Å². The molecule has 12 heavy (non-hydrogen) atoms. The third-order valence-electron chi connectivity index (χ3n) is 1.54. The van der Waals surface area contributed by atoms with E-state index >= 15 is 0 Å². The molecule has 1 aromatic carbocycles. The molecule has 0 aliphatic rings. The molecule has 0 unspecified atom stereocenters. The lowest BCUT2D eigenvalue weighted by Crippen LogP contribution is -2.14. The molecule has 0 bridgehead atoms. The lowest BCUT2D eigenvalue weighted by molar-refractivity contribution is 0.184. The summed E-state index contributed by atoms with van der Waals surface area (Å²) in [4.78, 5) is 4.88. The fourth-order valence-electron chi connectivity index (χ4n) is 0.786. The van der Waals surface area contributed by atoms with Crippen LogP contribution in [0.2, 0.25) is 0 Å². The average Bonchev–Trinajstić information content (AvgIpc) is 2.08. The lowest BCUT2D eigenvalue weighted by atomic mass is 10.3. The summed E-state index contributed by atoms with van der Waals surface area (Å²) in [6, 6.07) is 4.80. The van der Waals surface area contributed by atoms with Crippen molar-refractivity contribution >= 4 is 21.6 Å². The molecule has 0 saturated heterocycles. The first-order valence-corrected chi connectivity index (χ1v) is 4.17. The normalized spacial score (nSPS) is 10.0. The smallest absolute Gasteiger partial charge is 0.139 e. The second kappa shape index (κ2) is 3.87. The van der Waals surface area contributed by atoms with Gasteiger partial charge in [-0.3, -0.25) is 9.90 Å². The monoisotopic (exact) mass is 233 g/mol. The summed E-state index contributed by atoms with van der Waals surface area (Å²) in [5, 5.41) is 1.48. The molecule has 0 radical (unpaired) electrons. The Kier molecular flexibility index (Phi) is 3.05. The Hall–Kier alpha value is -0.610. The van der Waals surface area contributed by atoms with E-state index in [0.717, 1.165) is 0 Å². The zero-order valence-corrected chi connectivity index (χ0v) is 8.43. The van der Waals surface area contributed by atoms with Gasteiger partial charge >= 0.3 is 0 Å². The summed E-state index contributed by atoms with van der Waals surface area (Å²) >= 11 is 3.07. The Morgan fingerprint density at radius 1 is 1.50 bits per heavy atom. The van der Waals surface area contributed by atoms with Crippen molar-refractivity contribution in [3.63, 3.8) is 0 Å². The molecule has 0 aliphatic heterocycles. The number of hydrogen-bond acceptors (Lipinski definition) is 2. The van der Waals surface area contributed by atoms with Gasteiger partial charge in [-0.05, 0) is 28.1 Å². The minimum Gasteiger partial charge on any atom is -0.277 e. The minimum atomic E-state index is -0.295.